The monoisotopic (exact) mass is 357 g/mol. The van der Waals surface area contributed by atoms with Gasteiger partial charge in [-0.2, -0.15) is 0 Å². The molecule has 2 atom stereocenters. The second-order valence-electron chi connectivity index (χ2n) is 6.95. The molecule has 140 valence electrons. The van der Waals surface area contributed by atoms with E-state index in [9.17, 15) is 0 Å². The lowest BCUT2D eigenvalue weighted by molar-refractivity contribution is -0.0817. The van der Waals surface area contributed by atoms with Crippen LogP contribution in [0.3, 0.4) is 0 Å². The molecule has 0 bridgehead atoms. The Kier molecular flexibility index (Phi) is 5.13. The lowest BCUT2D eigenvalue weighted by Gasteiger charge is -2.37. The van der Waals surface area contributed by atoms with Crippen LogP contribution in [0.1, 0.15) is 24.2 Å². The number of ether oxygens (including phenoxy) is 2. The smallest absolute Gasteiger partial charge is 0.194 e. The van der Waals surface area contributed by atoms with E-state index in [0.29, 0.717) is 13.2 Å². The molecule has 1 aromatic heterocycles. The summed E-state index contributed by atoms with van der Waals surface area (Å²) in [6.07, 6.45) is 2.55. The van der Waals surface area contributed by atoms with Crippen molar-refractivity contribution in [3.63, 3.8) is 0 Å². The quantitative estimate of drug-likeness (QED) is 0.676. The second kappa shape index (κ2) is 7.68. The van der Waals surface area contributed by atoms with Gasteiger partial charge in [0.15, 0.2) is 5.96 Å². The van der Waals surface area contributed by atoms with Crippen LogP contribution in [0, 0.1) is 6.92 Å². The Balaban J connectivity index is 1.41. The molecule has 0 radical (unpaired) electrons. The Morgan fingerprint density at radius 2 is 2.08 bits per heavy atom. The molecule has 26 heavy (non-hydrogen) atoms. The van der Waals surface area contributed by atoms with Gasteiger partial charge in [0.2, 0.25) is 0 Å². The molecule has 1 N–H and O–H groups in total. The van der Waals surface area contributed by atoms with Gasteiger partial charge in [0.1, 0.15) is 17.4 Å². The van der Waals surface area contributed by atoms with E-state index in [0.717, 1.165) is 49.8 Å². The van der Waals surface area contributed by atoms with E-state index in [-0.39, 0.29) is 12.2 Å². The van der Waals surface area contributed by atoms with E-state index in [1.54, 1.807) is 0 Å². The summed E-state index contributed by atoms with van der Waals surface area (Å²) in [5.74, 6) is 1.84. The first-order valence-electron chi connectivity index (χ1n) is 9.42. The van der Waals surface area contributed by atoms with Crippen LogP contribution in [0.5, 0.6) is 0 Å². The molecular formula is C20H27N3O3. The summed E-state index contributed by atoms with van der Waals surface area (Å²) in [5, 5.41) is 4.62. The molecular weight excluding hydrogens is 330 g/mol. The Labute approximate surface area is 154 Å². The molecule has 1 aromatic carbocycles. The van der Waals surface area contributed by atoms with Crippen molar-refractivity contribution in [1.82, 2.24) is 10.2 Å². The number of aliphatic imine (C=N–C) groups is 1. The number of furan rings is 1. The third-order valence-electron chi connectivity index (χ3n) is 5.33. The molecule has 6 heteroatoms. The summed E-state index contributed by atoms with van der Waals surface area (Å²) in [7, 11) is 1.82. The fraction of sp³-hybridized carbons (Fsp3) is 0.550. The highest BCUT2D eigenvalue weighted by Gasteiger charge is 2.32. The summed E-state index contributed by atoms with van der Waals surface area (Å²) in [4.78, 5) is 6.72. The van der Waals surface area contributed by atoms with Gasteiger partial charge in [0, 0.05) is 37.7 Å². The first kappa shape index (κ1) is 17.4. The minimum Gasteiger partial charge on any atom is -0.459 e. The van der Waals surface area contributed by atoms with E-state index in [4.69, 9.17) is 13.9 Å². The van der Waals surface area contributed by atoms with E-state index in [1.165, 1.54) is 10.9 Å². The molecule has 6 nitrogen and oxygen atoms in total. The van der Waals surface area contributed by atoms with Crippen molar-refractivity contribution in [2.24, 2.45) is 4.99 Å². The largest absolute Gasteiger partial charge is 0.459 e. The van der Waals surface area contributed by atoms with Gasteiger partial charge in [-0.25, -0.2) is 0 Å². The number of hydrogen-bond donors (Lipinski definition) is 1. The fourth-order valence-electron chi connectivity index (χ4n) is 3.87. The summed E-state index contributed by atoms with van der Waals surface area (Å²) in [6.45, 7) is 5.92. The molecule has 3 heterocycles. The summed E-state index contributed by atoms with van der Waals surface area (Å²) in [6, 6.07) is 8.15. The standard InChI is InChI=1S/C20H27N3O3/c1-14-15-6-3-4-7-16(15)26-18(14)12-22-20(21-2)23-9-11-25-19(13-23)17-8-5-10-24-17/h3-4,6-7,17,19H,5,8-13H2,1-2H3,(H,21,22). The average Bonchev–Trinajstić information content (AvgIpc) is 3.32. The van der Waals surface area contributed by atoms with Crippen molar-refractivity contribution in [2.45, 2.75) is 38.5 Å². The van der Waals surface area contributed by atoms with Gasteiger partial charge in [-0.05, 0) is 25.8 Å². The highest BCUT2D eigenvalue weighted by Crippen LogP contribution is 2.25. The van der Waals surface area contributed by atoms with Crippen LogP contribution in [0.25, 0.3) is 11.0 Å². The van der Waals surface area contributed by atoms with Gasteiger partial charge in [0.25, 0.3) is 0 Å². The highest BCUT2D eigenvalue weighted by atomic mass is 16.5. The Morgan fingerprint density at radius 1 is 1.23 bits per heavy atom. The number of guanidine groups is 1. The van der Waals surface area contributed by atoms with Crippen LogP contribution in [0.2, 0.25) is 0 Å². The molecule has 0 saturated carbocycles. The maximum Gasteiger partial charge on any atom is 0.194 e. The summed E-state index contributed by atoms with van der Waals surface area (Å²) < 4.78 is 17.7. The van der Waals surface area contributed by atoms with Crippen LogP contribution in [-0.2, 0) is 16.0 Å². The highest BCUT2D eigenvalue weighted by molar-refractivity contribution is 5.83. The molecule has 2 fully saturated rings. The average molecular weight is 357 g/mol. The molecule has 2 aliphatic heterocycles. The van der Waals surface area contributed by atoms with E-state index in [1.807, 2.05) is 25.2 Å². The number of para-hydroxylation sites is 1. The lowest BCUT2D eigenvalue weighted by Crippen LogP contribution is -2.53. The van der Waals surface area contributed by atoms with Crippen LogP contribution < -0.4 is 5.32 Å². The van der Waals surface area contributed by atoms with Gasteiger partial charge >= 0.3 is 0 Å². The molecule has 2 unspecified atom stereocenters. The third-order valence-corrected chi connectivity index (χ3v) is 5.33. The number of rotatable bonds is 3. The van der Waals surface area contributed by atoms with Crippen LogP contribution in [0.4, 0.5) is 0 Å². The summed E-state index contributed by atoms with van der Waals surface area (Å²) >= 11 is 0. The minimum absolute atomic E-state index is 0.123. The van der Waals surface area contributed by atoms with Crippen molar-refractivity contribution in [3.8, 4) is 0 Å². The van der Waals surface area contributed by atoms with Crippen LogP contribution in [0.15, 0.2) is 33.7 Å². The van der Waals surface area contributed by atoms with E-state index in [2.05, 4.69) is 28.2 Å². The molecule has 0 spiro atoms. The fourth-order valence-corrected chi connectivity index (χ4v) is 3.87. The normalized spacial score (nSPS) is 24.4. The van der Waals surface area contributed by atoms with Gasteiger partial charge in [-0.3, -0.25) is 4.99 Å². The van der Waals surface area contributed by atoms with Crippen LogP contribution in [-0.4, -0.2) is 56.4 Å². The maximum atomic E-state index is 6.00. The number of aryl methyl sites for hydroxylation is 1. The number of fused-ring (bicyclic) bond motifs is 1. The zero-order valence-electron chi connectivity index (χ0n) is 15.5. The van der Waals surface area contributed by atoms with Gasteiger partial charge in [0.05, 0.1) is 19.3 Å². The zero-order chi connectivity index (χ0) is 17.9. The summed E-state index contributed by atoms with van der Waals surface area (Å²) in [5.41, 5.74) is 2.12. The van der Waals surface area contributed by atoms with Gasteiger partial charge in [-0.15, -0.1) is 0 Å². The number of nitrogens with zero attached hydrogens (tertiary/aromatic N) is 2. The SMILES string of the molecule is CN=C(NCc1oc2ccccc2c1C)N1CCOC(C2CCCO2)C1. The number of benzene rings is 1. The molecule has 2 aromatic rings. The van der Waals surface area contributed by atoms with Gasteiger partial charge in [-0.1, -0.05) is 18.2 Å². The predicted molar refractivity (Wildman–Crippen MR) is 101 cm³/mol. The molecule has 2 saturated heterocycles. The first-order chi connectivity index (χ1) is 12.8. The molecule has 0 aliphatic carbocycles. The number of hydrogen-bond acceptors (Lipinski definition) is 4. The van der Waals surface area contributed by atoms with Crippen LogP contribution >= 0.6 is 0 Å². The number of nitrogens with one attached hydrogen (secondary N) is 1. The topological polar surface area (TPSA) is 59.2 Å². The van der Waals surface area contributed by atoms with Crippen molar-refractivity contribution in [2.75, 3.05) is 33.4 Å². The first-order valence-corrected chi connectivity index (χ1v) is 9.42. The number of morpholine rings is 1. The third kappa shape index (κ3) is 3.44. The van der Waals surface area contributed by atoms with Crippen molar-refractivity contribution < 1.29 is 13.9 Å². The minimum atomic E-state index is 0.123. The Bertz CT molecular complexity index is 780. The predicted octanol–water partition coefficient (Wildman–Crippen LogP) is 2.70. The van der Waals surface area contributed by atoms with E-state index >= 15 is 0 Å². The van der Waals surface area contributed by atoms with Crippen molar-refractivity contribution >= 4 is 16.9 Å². The Hall–Kier alpha value is -2.05. The van der Waals surface area contributed by atoms with E-state index < -0.39 is 0 Å². The lowest BCUT2D eigenvalue weighted by atomic mass is 10.1. The maximum absolute atomic E-state index is 6.00. The Morgan fingerprint density at radius 3 is 2.85 bits per heavy atom. The molecule has 4 rings (SSSR count). The zero-order valence-corrected chi connectivity index (χ0v) is 15.5. The van der Waals surface area contributed by atoms with Crippen molar-refractivity contribution in [3.05, 3.63) is 35.6 Å². The molecule has 2 aliphatic rings. The van der Waals surface area contributed by atoms with Gasteiger partial charge < -0.3 is 24.1 Å². The molecule has 0 amide bonds. The van der Waals surface area contributed by atoms with Crippen molar-refractivity contribution in [1.29, 1.82) is 0 Å². The second-order valence-corrected chi connectivity index (χ2v) is 6.95.